The molecule has 3 rings (SSSR count). The van der Waals surface area contributed by atoms with Crippen molar-refractivity contribution in [2.24, 2.45) is 0 Å². The van der Waals surface area contributed by atoms with Gasteiger partial charge in [-0.3, -0.25) is 0 Å². The molecule has 0 bridgehead atoms. The van der Waals surface area contributed by atoms with Crippen LogP contribution in [0.1, 0.15) is 0 Å². The van der Waals surface area contributed by atoms with Crippen LogP contribution in [0.25, 0.3) is 21.9 Å². The topological polar surface area (TPSA) is 20.2 Å². The first-order valence-corrected chi connectivity index (χ1v) is 5.72. The molecule has 0 aliphatic carbocycles. The van der Waals surface area contributed by atoms with Crippen LogP contribution in [0.2, 0.25) is 0 Å². The van der Waals surface area contributed by atoms with Gasteiger partial charge in [0, 0.05) is 10.9 Å². The van der Waals surface area contributed by atoms with E-state index in [0.29, 0.717) is 11.1 Å². The van der Waals surface area contributed by atoms with E-state index in [1.165, 1.54) is 6.07 Å². The molecular formula is C16H11FO. The standard InChI is InChI=1S/C16H11FO/c17-15-8-4-3-6-13(15)12-9-11-5-1-2-7-14(11)16(18)10-12/h1-10,18H. The van der Waals surface area contributed by atoms with Crippen LogP contribution in [0.3, 0.4) is 0 Å². The lowest BCUT2D eigenvalue weighted by Crippen LogP contribution is -1.84. The van der Waals surface area contributed by atoms with E-state index >= 15 is 0 Å². The summed E-state index contributed by atoms with van der Waals surface area (Å²) in [6.07, 6.45) is 0. The first kappa shape index (κ1) is 10.8. The highest BCUT2D eigenvalue weighted by Gasteiger charge is 2.07. The Kier molecular flexibility index (Phi) is 2.49. The summed E-state index contributed by atoms with van der Waals surface area (Å²) >= 11 is 0. The summed E-state index contributed by atoms with van der Waals surface area (Å²) in [5.74, 6) is -0.112. The fourth-order valence-corrected chi connectivity index (χ4v) is 2.14. The zero-order valence-corrected chi connectivity index (χ0v) is 9.60. The molecule has 88 valence electrons. The molecule has 0 fully saturated rings. The fraction of sp³-hybridized carbons (Fsp3) is 0. The zero-order valence-electron chi connectivity index (χ0n) is 9.60. The molecule has 0 saturated heterocycles. The quantitative estimate of drug-likeness (QED) is 0.668. The number of rotatable bonds is 1. The maximum absolute atomic E-state index is 13.7. The Hall–Kier alpha value is -2.35. The number of halogens is 1. The molecule has 0 amide bonds. The van der Waals surface area contributed by atoms with E-state index in [0.717, 1.165) is 10.8 Å². The van der Waals surface area contributed by atoms with Crippen molar-refractivity contribution in [3.05, 3.63) is 66.5 Å². The normalized spacial score (nSPS) is 10.7. The van der Waals surface area contributed by atoms with Crippen molar-refractivity contribution in [1.29, 1.82) is 0 Å². The van der Waals surface area contributed by atoms with Gasteiger partial charge in [-0.15, -0.1) is 0 Å². The highest BCUT2D eigenvalue weighted by Crippen LogP contribution is 2.32. The van der Waals surface area contributed by atoms with Gasteiger partial charge in [0.25, 0.3) is 0 Å². The van der Waals surface area contributed by atoms with Crippen molar-refractivity contribution in [3.63, 3.8) is 0 Å². The lowest BCUT2D eigenvalue weighted by molar-refractivity contribution is 0.482. The van der Waals surface area contributed by atoms with Gasteiger partial charge in [-0.05, 0) is 29.1 Å². The molecule has 0 aliphatic rings. The van der Waals surface area contributed by atoms with Crippen molar-refractivity contribution >= 4 is 10.8 Å². The van der Waals surface area contributed by atoms with Gasteiger partial charge in [-0.25, -0.2) is 4.39 Å². The Labute approximate surface area is 104 Å². The summed E-state index contributed by atoms with van der Waals surface area (Å²) in [5.41, 5.74) is 1.18. The molecule has 3 aromatic rings. The second-order valence-electron chi connectivity index (χ2n) is 4.20. The predicted molar refractivity (Wildman–Crippen MR) is 71.0 cm³/mol. The average molecular weight is 238 g/mol. The Morgan fingerprint density at radius 3 is 2.39 bits per heavy atom. The molecule has 0 atom stereocenters. The molecule has 2 heteroatoms. The summed E-state index contributed by atoms with van der Waals surface area (Å²) in [6.45, 7) is 0. The van der Waals surface area contributed by atoms with Gasteiger partial charge in [0.15, 0.2) is 0 Å². The first-order valence-electron chi connectivity index (χ1n) is 5.72. The Bertz CT molecular complexity index is 719. The van der Waals surface area contributed by atoms with Crippen molar-refractivity contribution in [1.82, 2.24) is 0 Å². The third kappa shape index (κ3) is 1.72. The third-order valence-electron chi connectivity index (χ3n) is 3.02. The van der Waals surface area contributed by atoms with Gasteiger partial charge >= 0.3 is 0 Å². The minimum Gasteiger partial charge on any atom is -0.507 e. The smallest absolute Gasteiger partial charge is 0.131 e. The molecule has 0 spiro atoms. The summed E-state index contributed by atoms with van der Waals surface area (Å²) in [7, 11) is 0. The Balaban J connectivity index is 2.28. The minimum absolute atomic E-state index is 0.173. The number of fused-ring (bicyclic) bond motifs is 1. The number of aromatic hydroxyl groups is 1. The maximum Gasteiger partial charge on any atom is 0.131 e. The van der Waals surface area contributed by atoms with E-state index in [1.54, 1.807) is 24.3 Å². The van der Waals surface area contributed by atoms with E-state index in [2.05, 4.69) is 0 Å². The molecule has 0 saturated carbocycles. The van der Waals surface area contributed by atoms with Crippen LogP contribution in [0.4, 0.5) is 4.39 Å². The fourth-order valence-electron chi connectivity index (χ4n) is 2.14. The SMILES string of the molecule is Oc1cc(-c2ccccc2F)cc2ccccc12. The molecule has 0 heterocycles. The molecule has 0 radical (unpaired) electrons. The molecule has 1 nitrogen and oxygen atoms in total. The van der Waals surface area contributed by atoms with Crippen molar-refractivity contribution in [2.45, 2.75) is 0 Å². The lowest BCUT2D eigenvalue weighted by atomic mass is 10.00. The van der Waals surface area contributed by atoms with Crippen molar-refractivity contribution in [3.8, 4) is 16.9 Å². The number of phenols is 1. The highest BCUT2D eigenvalue weighted by molar-refractivity contribution is 5.92. The van der Waals surface area contributed by atoms with Crippen LogP contribution in [0.5, 0.6) is 5.75 Å². The van der Waals surface area contributed by atoms with E-state index in [4.69, 9.17) is 0 Å². The van der Waals surface area contributed by atoms with Gasteiger partial charge < -0.3 is 5.11 Å². The van der Waals surface area contributed by atoms with E-state index in [9.17, 15) is 9.50 Å². The summed E-state index contributed by atoms with van der Waals surface area (Å²) in [5, 5.41) is 11.7. The largest absolute Gasteiger partial charge is 0.507 e. The van der Waals surface area contributed by atoms with Gasteiger partial charge in [0.05, 0.1) is 0 Å². The van der Waals surface area contributed by atoms with Gasteiger partial charge in [-0.2, -0.15) is 0 Å². The third-order valence-corrected chi connectivity index (χ3v) is 3.02. The van der Waals surface area contributed by atoms with Crippen LogP contribution in [0, 0.1) is 5.82 Å². The summed E-state index contributed by atoms with van der Waals surface area (Å²) in [4.78, 5) is 0. The molecule has 18 heavy (non-hydrogen) atoms. The van der Waals surface area contributed by atoms with Gasteiger partial charge in [-0.1, -0.05) is 42.5 Å². The molecular weight excluding hydrogens is 227 g/mol. The van der Waals surface area contributed by atoms with Crippen LogP contribution in [0.15, 0.2) is 60.7 Å². The lowest BCUT2D eigenvalue weighted by Gasteiger charge is -2.07. The number of hydrogen-bond acceptors (Lipinski definition) is 1. The monoisotopic (exact) mass is 238 g/mol. The minimum atomic E-state index is -0.285. The average Bonchev–Trinajstić information content (AvgIpc) is 2.39. The number of benzene rings is 3. The van der Waals surface area contributed by atoms with Crippen molar-refractivity contribution in [2.75, 3.05) is 0 Å². The van der Waals surface area contributed by atoms with Gasteiger partial charge in [0.2, 0.25) is 0 Å². The first-order chi connectivity index (χ1) is 8.75. The summed E-state index contributed by atoms with van der Waals surface area (Å²) < 4.78 is 13.7. The Morgan fingerprint density at radius 2 is 1.56 bits per heavy atom. The second kappa shape index (κ2) is 4.15. The van der Waals surface area contributed by atoms with E-state index in [-0.39, 0.29) is 11.6 Å². The van der Waals surface area contributed by atoms with Crippen LogP contribution >= 0.6 is 0 Å². The van der Waals surface area contributed by atoms with Crippen LogP contribution < -0.4 is 0 Å². The molecule has 3 aromatic carbocycles. The van der Waals surface area contributed by atoms with Crippen LogP contribution in [-0.2, 0) is 0 Å². The molecule has 0 aromatic heterocycles. The van der Waals surface area contributed by atoms with Crippen molar-refractivity contribution < 1.29 is 9.50 Å². The van der Waals surface area contributed by atoms with E-state index < -0.39 is 0 Å². The Morgan fingerprint density at radius 1 is 0.833 bits per heavy atom. The molecule has 0 aliphatic heterocycles. The van der Waals surface area contributed by atoms with Crippen LogP contribution in [-0.4, -0.2) is 5.11 Å². The summed E-state index contributed by atoms with van der Waals surface area (Å²) in [6, 6.07) is 17.5. The number of hydrogen-bond donors (Lipinski definition) is 1. The second-order valence-corrected chi connectivity index (χ2v) is 4.20. The predicted octanol–water partition coefficient (Wildman–Crippen LogP) is 4.35. The molecule has 1 N–H and O–H groups in total. The molecule has 0 unspecified atom stereocenters. The van der Waals surface area contributed by atoms with Gasteiger partial charge in [0.1, 0.15) is 11.6 Å². The zero-order chi connectivity index (χ0) is 12.5. The number of phenolic OH excluding ortho intramolecular Hbond substituents is 1. The highest BCUT2D eigenvalue weighted by atomic mass is 19.1. The maximum atomic E-state index is 13.7. The van der Waals surface area contributed by atoms with E-state index in [1.807, 2.05) is 30.3 Å².